The normalized spacial score (nSPS) is 14.9. The summed E-state index contributed by atoms with van der Waals surface area (Å²) in [6.45, 7) is 1.50. The number of aryl methyl sites for hydroxylation is 1. The number of aliphatic carboxylic acids is 1. The van der Waals surface area contributed by atoms with Crippen LogP contribution in [0.2, 0.25) is 0 Å². The van der Waals surface area contributed by atoms with Gasteiger partial charge in [-0.25, -0.2) is 9.78 Å². The molecule has 1 aromatic heterocycles. The molecule has 0 radical (unpaired) electrons. The van der Waals surface area contributed by atoms with E-state index in [9.17, 15) is 9.59 Å². The Labute approximate surface area is 143 Å². The molecule has 0 saturated heterocycles. The van der Waals surface area contributed by atoms with E-state index in [1.165, 1.54) is 0 Å². The summed E-state index contributed by atoms with van der Waals surface area (Å²) in [6.07, 6.45) is 2.18. The number of carboxylic acids is 1. The van der Waals surface area contributed by atoms with Crippen LogP contribution in [0.3, 0.4) is 0 Å². The van der Waals surface area contributed by atoms with Gasteiger partial charge in [-0.1, -0.05) is 6.07 Å². The van der Waals surface area contributed by atoms with Gasteiger partial charge in [0, 0.05) is 16.6 Å². The number of rotatable bonds is 7. The summed E-state index contributed by atoms with van der Waals surface area (Å²) in [4.78, 5) is 27.6. The first kappa shape index (κ1) is 16.4. The van der Waals surface area contributed by atoms with Crippen LogP contribution in [-0.2, 0) is 4.79 Å². The largest absolute Gasteiger partial charge is 0.482 e. The summed E-state index contributed by atoms with van der Waals surface area (Å²) in [5, 5.41) is 14.6. The van der Waals surface area contributed by atoms with Crippen molar-refractivity contribution in [2.75, 3.05) is 6.61 Å². The van der Waals surface area contributed by atoms with Crippen molar-refractivity contribution in [3.8, 4) is 5.75 Å². The molecule has 0 bridgehead atoms. The van der Waals surface area contributed by atoms with Gasteiger partial charge < -0.3 is 15.2 Å². The van der Waals surface area contributed by atoms with Gasteiger partial charge in [0.2, 0.25) is 0 Å². The number of thiazole rings is 1. The molecule has 1 saturated carbocycles. The van der Waals surface area contributed by atoms with Crippen LogP contribution in [-0.4, -0.2) is 28.6 Å². The van der Waals surface area contributed by atoms with Gasteiger partial charge in [-0.05, 0) is 43.9 Å². The number of hydrogen-bond donors (Lipinski definition) is 2. The minimum Gasteiger partial charge on any atom is -0.482 e. The zero-order valence-corrected chi connectivity index (χ0v) is 14.0. The van der Waals surface area contributed by atoms with Crippen molar-refractivity contribution in [2.45, 2.75) is 25.8 Å². The van der Waals surface area contributed by atoms with E-state index in [0.29, 0.717) is 17.2 Å². The van der Waals surface area contributed by atoms with Crippen LogP contribution in [0.5, 0.6) is 5.75 Å². The zero-order valence-electron chi connectivity index (χ0n) is 13.2. The zero-order chi connectivity index (χ0) is 17.1. The Morgan fingerprint density at radius 3 is 2.88 bits per heavy atom. The molecule has 1 aromatic carbocycles. The molecular formula is C17H18N2O4S. The van der Waals surface area contributed by atoms with E-state index >= 15 is 0 Å². The molecule has 0 aliphatic heterocycles. The average Bonchev–Trinajstić information content (AvgIpc) is 3.31. The predicted molar refractivity (Wildman–Crippen MR) is 89.4 cm³/mol. The van der Waals surface area contributed by atoms with E-state index < -0.39 is 12.6 Å². The van der Waals surface area contributed by atoms with Gasteiger partial charge in [-0.15, -0.1) is 11.3 Å². The molecule has 2 aromatic rings. The third kappa shape index (κ3) is 4.11. The molecule has 1 fully saturated rings. The van der Waals surface area contributed by atoms with Crippen molar-refractivity contribution >= 4 is 23.2 Å². The number of carbonyl (C=O) groups is 2. The maximum Gasteiger partial charge on any atom is 0.341 e. The number of nitrogens with one attached hydrogen (secondary N) is 1. The van der Waals surface area contributed by atoms with E-state index in [1.54, 1.807) is 35.6 Å². The molecule has 126 valence electrons. The molecule has 6 nitrogen and oxygen atoms in total. The van der Waals surface area contributed by atoms with E-state index in [2.05, 4.69) is 10.3 Å². The number of amides is 1. The molecule has 1 aliphatic carbocycles. The van der Waals surface area contributed by atoms with E-state index in [1.807, 2.05) is 12.3 Å². The minimum absolute atomic E-state index is 0.0696. The summed E-state index contributed by atoms with van der Waals surface area (Å²) >= 11 is 1.56. The van der Waals surface area contributed by atoms with Gasteiger partial charge in [0.05, 0.1) is 6.04 Å². The number of benzene rings is 1. The van der Waals surface area contributed by atoms with Crippen LogP contribution >= 0.6 is 11.3 Å². The Morgan fingerprint density at radius 1 is 1.46 bits per heavy atom. The number of carboxylic acid groups (broad SMARTS) is 1. The maximum atomic E-state index is 12.6. The fourth-order valence-corrected chi connectivity index (χ4v) is 3.36. The molecule has 2 N–H and O–H groups in total. The smallest absolute Gasteiger partial charge is 0.341 e. The highest BCUT2D eigenvalue weighted by molar-refractivity contribution is 7.09. The van der Waals surface area contributed by atoms with Crippen LogP contribution < -0.4 is 10.1 Å². The summed E-state index contributed by atoms with van der Waals surface area (Å²) in [5.74, 6) is -0.470. The highest BCUT2D eigenvalue weighted by Crippen LogP contribution is 2.42. The number of aromatic nitrogens is 1. The van der Waals surface area contributed by atoms with E-state index in [4.69, 9.17) is 9.84 Å². The summed E-state index contributed by atoms with van der Waals surface area (Å²) in [6, 6.07) is 6.46. The molecule has 0 spiro atoms. The monoisotopic (exact) mass is 346 g/mol. The second-order valence-electron chi connectivity index (χ2n) is 5.83. The first-order chi connectivity index (χ1) is 11.5. The van der Waals surface area contributed by atoms with Crippen molar-refractivity contribution in [2.24, 2.45) is 5.92 Å². The molecule has 7 heteroatoms. The van der Waals surface area contributed by atoms with Crippen molar-refractivity contribution in [1.82, 2.24) is 10.3 Å². The molecule has 1 aliphatic rings. The van der Waals surface area contributed by atoms with Crippen LogP contribution in [0, 0.1) is 12.8 Å². The Kier molecular flexibility index (Phi) is 4.80. The summed E-state index contributed by atoms with van der Waals surface area (Å²) in [7, 11) is 0. The second kappa shape index (κ2) is 7.00. The van der Waals surface area contributed by atoms with Crippen LogP contribution in [0.1, 0.15) is 39.9 Å². The van der Waals surface area contributed by atoms with Gasteiger partial charge in [-0.3, -0.25) is 4.79 Å². The quantitative estimate of drug-likeness (QED) is 0.805. The maximum absolute atomic E-state index is 12.6. The molecule has 1 atom stereocenters. The first-order valence-electron chi connectivity index (χ1n) is 7.70. The molecular weight excluding hydrogens is 328 g/mol. The average molecular weight is 346 g/mol. The Balaban J connectivity index is 1.71. The SMILES string of the molecule is Cc1csc(C(NC(=O)c2cccc(OCC(=O)O)c2)C2CC2)n1. The number of hydrogen-bond acceptors (Lipinski definition) is 5. The number of ether oxygens (including phenoxy) is 1. The van der Waals surface area contributed by atoms with E-state index in [0.717, 1.165) is 23.5 Å². The van der Waals surface area contributed by atoms with Gasteiger partial charge in [-0.2, -0.15) is 0 Å². The van der Waals surface area contributed by atoms with Crippen molar-refractivity contribution in [1.29, 1.82) is 0 Å². The second-order valence-corrected chi connectivity index (χ2v) is 6.72. The van der Waals surface area contributed by atoms with Gasteiger partial charge in [0.15, 0.2) is 6.61 Å². The topological polar surface area (TPSA) is 88.5 Å². The summed E-state index contributed by atoms with van der Waals surface area (Å²) in [5.41, 5.74) is 1.40. The standard InChI is InChI=1S/C17H18N2O4S/c1-10-9-24-17(18-10)15(11-5-6-11)19-16(22)12-3-2-4-13(7-12)23-8-14(20)21/h2-4,7,9,11,15H,5-6,8H2,1H3,(H,19,22)(H,20,21). The number of nitrogens with zero attached hydrogens (tertiary/aromatic N) is 1. The number of carbonyl (C=O) groups excluding carboxylic acids is 1. The Hall–Kier alpha value is -2.41. The fourth-order valence-electron chi connectivity index (χ4n) is 2.42. The molecule has 24 heavy (non-hydrogen) atoms. The lowest BCUT2D eigenvalue weighted by Gasteiger charge is -2.16. The van der Waals surface area contributed by atoms with Crippen LogP contribution in [0.4, 0.5) is 0 Å². The third-order valence-corrected chi connectivity index (χ3v) is 4.79. The Morgan fingerprint density at radius 2 is 2.25 bits per heavy atom. The van der Waals surface area contributed by atoms with Gasteiger partial charge in [0.1, 0.15) is 10.8 Å². The van der Waals surface area contributed by atoms with Crippen LogP contribution in [0.15, 0.2) is 29.6 Å². The predicted octanol–water partition coefficient (Wildman–Crippen LogP) is 2.80. The summed E-state index contributed by atoms with van der Waals surface area (Å²) < 4.78 is 5.12. The van der Waals surface area contributed by atoms with E-state index in [-0.39, 0.29) is 11.9 Å². The molecule has 1 heterocycles. The third-order valence-electron chi connectivity index (χ3n) is 3.74. The lowest BCUT2D eigenvalue weighted by Crippen LogP contribution is -2.29. The minimum atomic E-state index is -1.06. The molecule has 3 rings (SSSR count). The molecule has 1 amide bonds. The van der Waals surface area contributed by atoms with Crippen molar-refractivity contribution in [3.63, 3.8) is 0 Å². The lowest BCUT2D eigenvalue weighted by molar-refractivity contribution is -0.139. The molecule has 1 unspecified atom stereocenters. The highest BCUT2D eigenvalue weighted by atomic mass is 32.1. The van der Waals surface area contributed by atoms with Gasteiger partial charge in [0.25, 0.3) is 5.91 Å². The fraction of sp³-hybridized carbons (Fsp3) is 0.353. The van der Waals surface area contributed by atoms with Crippen molar-refractivity contribution < 1.29 is 19.4 Å². The first-order valence-corrected chi connectivity index (χ1v) is 8.58. The lowest BCUT2D eigenvalue weighted by atomic mass is 10.1. The highest BCUT2D eigenvalue weighted by Gasteiger charge is 2.35. The Bertz CT molecular complexity index is 755. The van der Waals surface area contributed by atoms with Gasteiger partial charge >= 0.3 is 5.97 Å². The van der Waals surface area contributed by atoms with Crippen molar-refractivity contribution in [3.05, 3.63) is 45.9 Å². The van der Waals surface area contributed by atoms with Crippen LogP contribution in [0.25, 0.3) is 0 Å².